The van der Waals surface area contributed by atoms with Crippen molar-refractivity contribution in [1.82, 2.24) is 4.90 Å². The number of rotatable bonds is 6. The molecule has 2 aromatic carbocycles. The lowest BCUT2D eigenvalue weighted by molar-refractivity contribution is -0.0503. The van der Waals surface area contributed by atoms with Crippen molar-refractivity contribution in [3.05, 3.63) is 65.5 Å². The molecule has 0 radical (unpaired) electrons. The van der Waals surface area contributed by atoms with Gasteiger partial charge in [0.1, 0.15) is 11.6 Å². The van der Waals surface area contributed by atoms with Gasteiger partial charge in [-0.2, -0.15) is 8.78 Å². The molecule has 148 valence electrons. The molecule has 2 fully saturated rings. The Hall–Kier alpha value is -2.34. The first-order valence-electron chi connectivity index (χ1n) is 9.59. The first-order chi connectivity index (χ1) is 13.5. The Balaban J connectivity index is 1.50. The fraction of sp³-hybridized carbons (Fsp3) is 0.409. The lowest BCUT2D eigenvalue weighted by atomic mass is 9.84. The average molecular weight is 389 g/mol. The normalized spacial score (nSPS) is 24.5. The van der Waals surface area contributed by atoms with Gasteiger partial charge in [0.05, 0.1) is 5.56 Å². The van der Waals surface area contributed by atoms with E-state index in [4.69, 9.17) is 0 Å². The van der Waals surface area contributed by atoms with Crippen molar-refractivity contribution >= 4 is 5.78 Å². The van der Waals surface area contributed by atoms with Gasteiger partial charge in [0.15, 0.2) is 5.78 Å². The van der Waals surface area contributed by atoms with E-state index in [-0.39, 0.29) is 23.0 Å². The molecule has 28 heavy (non-hydrogen) atoms. The minimum absolute atomic E-state index is 0.0441. The summed E-state index contributed by atoms with van der Waals surface area (Å²) < 4.78 is 43.2. The first kappa shape index (κ1) is 19.0. The topological polar surface area (TPSA) is 29.5 Å². The predicted octanol–water partition coefficient (Wildman–Crippen LogP) is 5.05. The number of carbonyl (C=O) groups excluding carboxylic acids is 1. The highest BCUT2D eigenvalue weighted by atomic mass is 19.3. The van der Waals surface area contributed by atoms with Crippen LogP contribution in [0, 0.1) is 11.7 Å². The molecule has 2 unspecified atom stereocenters. The van der Waals surface area contributed by atoms with Crippen molar-refractivity contribution in [1.29, 1.82) is 0 Å². The number of piperidine rings is 1. The van der Waals surface area contributed by atoms with Gasteiger partial charge < -0.3 is 4.74 Å². The van der Waals surface area contributed by atoms with Gasteiger partial charge in [-0.15, -0.1) is 0 Å². The summed E-state index contributed by atoms with van der Waals surface area (Å²) in [5, 5.41) is 0. The molecule has 0 aromatic heterocycles. The maximum atomic E-state index is 13.5. The van der Waals surface area contributed by atoms with Gasteiger partial charge in [0, 0.05) is 30.6 Å². The summed E-state index contributed by atoms with van der Waals surface area (Å²) in [4.78, 5) is 15.5. The van der Waals surface area contributed by atoms with Gasteiger partial charge in [-0.25, -0.2) is 4.39 Å². The van der Waals surface area contributed by atoms with Gasteiger partial charge in [-0.3, -0.25) is 9.69 Å². The summed E-state index contributed by atoms with van der Waals surface area (Å²) in [6.07, 6.45) is 3.44. The Kier molecular flexibility index (Phi) is 5.40. The molecule has 3 nitrogen and oxygen atoms in total. The largest absolute Gasteiger partial charge is 0.434 e. The lowest BCUT2D eigenvalue weighted by Gasteiger charge is -2.38. The molecule has 0 amide bonds. The Labute approximate surface area is 162 Å². The van der Waals surface area contributed by atoms with E-state index in [2.05, 4.69) is 21.8 Å². The van der Waals surface area contributed by atoms with Crippen LogP contribution in [0.1, 0.15) is 41.6 Å². The smallest absolute Gasteiger partial charge is 0.387 e. The molecule has 4 rings (SSSR count). The molecule has 0 saturated carbocycles. The van der Waals surface area contributed by atoms with E-state index < -0.39 is 12.4 Å². The molecule has 0 spiro atoms. The second-order valence-electron chi connectivity index (χ2n) is 7.59. The monoisotopic (exact) mass is 389 g/mol. The maximum absolute atomic E-state index is 13.5. The number of alkyl halides is 2. The van der Waals surface area contributed by atoms with E-state index in [1.165, 1.54) is 11.6 Å². The number of halogens is 3. The average Bonchev–Trinajstić information content (AvgIpc) is 2.89. The predicted molar refractivity (Wildman–Crippen MR) is 98.9 cm³/mol. The summed E-state index contributed by atoms with van der Waals surface area (Å²) in [7, 11) is 0. The van der Waals surface area contributed by atoms with E-state index in [1.807, 2.05) is 18.2 Å². The van der Waals surface area contributed by atoms with E-state index in [1.54, 1.807) is 0 Å². The fourth-order valence-corrected chi connectivity index (χ4v) is 4.65. The third-order valence-electron chi connectivity index (χ3n) is 5.89. The standard InChI is InChI=1S/C22H22F3NO2/c23-16-6-9-19(20(12-16)28-22(24)25)21(27)15-10-17-7-8-18(11-15)26(17)13-14-4-2-1-3-5-14/h1-6,9,12,15,17-18,22H,7-8,10-11,13H2. The number of ketones is 1. The van der Waals surface area contributed by atoms with Gasteiger partial charge in [-0.05, 0) is 43.4 Å². The van der Waals surface area contributed by atoms with Crippen LogP contribution < -0.4 is 4.74 Å². The van der Waals surface area contributed by atoms with Gasteiger partial charge in [0.25, 0.3) is 0 Å². The van der Waals surface area contributed by atoms with Gasteiger partial charge in [0.2, 0.25) is 0 Å². The lowest BCUT2D eigenvalue weighted by Crippen LogP contribution is -2.44. The van der Waals surface area contributed by atoms with E-state index >= 15 is 0 Å². The second kappa shape index (κ2) is 7.95. The molecule has 2 atom stereocenters. The number of hydrogen-bond acceptors (Lipinski definition) is 3. The Morgan fingerprint density at radius 3 is 2.39 bits per heavy atom. The van der Waals surface area contributed by atoms with Gasteiger partial charge in [-0.1, -0.05) is 30.3 Å². The van der Waals surface area contributed by atoms with Crippen LogP contribution in [-0.2, 0) is 6.54 Å². The Bertz CT molecular complexity index is 829. The minimum Gasteiger partial charge on any atom is -0.434 e. The van der Waals surface area contributed by atoms with Crippen LogP contribution in [0.3, 0.4) is 0 Å². The van der Waals surface area contributed by atoms with Crippen LogP contribution in [0.5, 0.6) is 5.75 Å². The molecule has 2 saturated heterocycles. The first-order valence-corrected chi connectivity index (χ1v) is 9.59. The summed E-state index contributed by atoms with van der Waals surface area (Å²) in [6, 6.07) is 14.1. The van der Waals surface area contributed by atoms with Crippen LogP contribution >= 0.6 is 0 Å². The molecule has 0 N–H and O–H groups in total. The van der Waals surface area contributed by atoms with Crippen molar-refractivity contribution in [3.8, 4) is 5.75 Å². The quantitative estimate of drug-likeness (QED) is 0.648. The van der Waals surface area contributed by atoms with Crippen LogP contribution in [0.2, 0.25) is 0 Å². The number of carbonyl (C=O) groups is 1. The van der Waals surface area contributed by atoms with E-state index in [0.717, 1.165) is 31.5 Å². The number of hydrogen-bond donors (Lipinski definition) is 0. The van der Waals surface area contributed by atoms with Crippen LogP contribution in [0.4, 0.5) is 13.2 Å². The summed E-state index contributed by atoms with van der Waals surface area (Å²) >= 11 is 0. The van der Waals surface area contributed by atoms with Crippen LogP contribution in [0.15, 0.2) is 48.5 Å². The number of nitrogens with zero attached hydrogens (tertiary/aromatic N) is 1. The number of benzene rings is 2. The minimum atomic E-state index is -3.10. The number of Topliss-reactive ketones (excluding diaryl/α,β-unsaturated/α-hetero) is 1. The SMILES string of the molecule is O=C(c1ccc(F)cc1OC(F)F)C1CC2CCC(C1)N2Cc1ccccc1. The maximum Gasteiger partial charge on any atom is 0.387 e. The third-order valence-corrected chi connectivity index (χ3v) is 5.89. The number of fused-ring (bicyclic) bond motifs is 2. The summed E-state index contributed by atoms with van der Waals surface area (Å²) in [5.41, 5.74) is 1.29. The van der Waals surface area contributed by atoms with Crippen molar-refractivity contribution in [2.75, 3.05) is 0 Å². The zero-order chi connectivity index (χ0) is 19.7. The summed E-state index contributed by atoms with van der Waals surface area (Å²) in [5.74, 6) is -1.56. The molecular formula is C22H22F3NO2. The second-order valence-corrected chi connectivity index (χ2v) is 7.59. The molecule has 0 aliphatic carbocycles. The van der Waals surface area contributed by atoms with E-state index in [9.17, 15) is 18.0 Å². The molecule has 2 heterocycles. The molecule has 2 bridgehead atoms. The highest BCUT2D eigenvalue weighted by Gasteiger charge is 2.43. The van der Waals surface area contributed by atoms with Crippen molar-refractivity contribution < 1.29 is 22.7 Å². The van der Waals surface area contributed by atoms with Crippen molar-refractivity contribution in [2.24, 2.45) is 5.92 Å². The molecule has 2 aromatic rings. The van der Waals surface area contributed by atoms with Gasteiger partial charge >= 0.3 is 6.61 Å². The molecule has 6 heteroatoms. The van der Waals surface area contributed by atoms with Crippen molar-refractivity contribution in [3.63, 3.8) is 0 Å². The third kappa shape index (κ3) is 3.92. The highest BCUT2D eigenvalue weighted by Crippen LogP contribution is 2.41. The van der Waals surface area contributed by atoms with Crippen LogP contribution in [-0.4, -0.2) is 29.4 Å². The summed E-state index contributed by atoms with van der Waals surface area (Å²) in [6.45, 7) is -2.25. The Morgan fingerprint density at radius 2 is 1.75 bits per heavy atom. The van der Waals surface area contributed by atoms with Crippen molar-refractivity contribution in [2.45, 2.75) is 50.9 Å². The molecule has 2 aliphatic heterocycles. The molecular weight excluding hydrogens is 367 g/mol. The zero-order valence-corrected chi connectivity index (χ0v) is 15.4. The zero-order valence-electron chi connectivity index (χ0n) is 15.4. The fourth-order valence-electron chi connectivity index (χ4n) is 4.65. The van der Waals surface area contributed by atoms with Crippen LogP contribution in [0.25, 0.3) is 0 Å². The van der Waals surface area contributed by atoms with E-state index in [0.29, 0.717) is 24.9 Å². The number of ether oxygens (including phenoxy) is 1. The Morgan fingerprint density at radius 1 is 1.07 bits per heavy atom. The highest BCUT2D eigenvalue weighted by molar-refractivity contribution is 6.00. The molecule has 2 aliphatic rings.